The highest BCUT2D eigenvalue weighted by Gasteiger charge is 2.23. The summed E-state index contributed by atoms with van der Waals surface area (Å²) >= 11 is 0. The average molecular weight is 190 g/mol. The molecule has 0 amide bonds. The Morgan fingerprint density at radius 2 is 1.93 bits per heavy atom. The van der Waals surface area contributed by atoms with Crippen molar-refractivity contribution in [3.63, 3.8) is 0 Å². The van der Waals surface area contributed by atoms with Gasteiger partial charge in [-0.2, -0.15) is 0 Å². The number of hydrogen-bond donors (Lipinski definition) is 1. The zero-order valence-corrected chi connectivity index (χ0v) is 8.74. The Balaban J connectivity index is 2.04. The molecule has 0 aliphatic heterocycles. The van der Waals surface area contributed by atoms with Crippen LogP contribution in [0.15, 0.2) is 24.3 Å². The van der Waals surface area contributed by atoms with Crippen molar-refractivity contribution in [3.8, 4) is 0 Å². The zero-order chi connectivity index (χ0) is 9.97. The van der Waals surface area contributed by atoms with Crippen LogP contribution in [0.4, 0.5) is 0 Å². The van der Waals surface area contributed by atoms with Crippen molar-refractivity contribution in [2.24, 2.45) is 0 Å². The van der Waals surface area contributed by atoms with Gasteiger partial charge in [0.1, 0.15) is 0 Å². The van der Waals surface area contributed by atoms with Crippen LogP contribution >= 0.6 is 0 Å². The first-order chi connectivity index (χ1) is 6.81. The van der Waals surface area contributed by atoms with E-state index in [-0.39, 0.29) is 6.10 Å². The van der Waals surface area contributed by atoms with E-state index in [1.807, 2.05) is 0 Å². The topological polar surface area (TPSA) is 20.2 Å². The summed E-state index contributed by atoms with van der Waals surface area (Å²) < 4.78 is 0. The van der Waals surface area contributed by atoms with Crippen LogP contribution in [-0.4, -0.2) is 5.11 Å². The molecule has 1 atom stereocenters. The number of rotatable bonds is 4. The molecular formula is C13H18O. The molecule has 1 nitrogen and oxygen atoms in total. The van der Waals surface area contributed by atoms with Crippen molar-refractivity contribution in [3.05, 3.63) is 35.4 Å². The van der Waals surface area contributed by atoms with Crippen molar-refractivity contribution in [1.82, 2.24) is 0 Å². The lowest BCUT2D eigenvalue weighted by molar-refractivity contribution is 0.166. The minimum absolute atomic E-state index is 0.270. The summed E-state index contributed by atoms with van der Waals surface area (Å²) in [6.07, 6.45) is 4.32. The molecule has 14 heavy (non-hydrogen) atoms. The summed E-state index contributed by atoms with van der Waals surface area (Å²) in [5.74, 6) is 0.812. The first kappa shape index (κ1) is 9.72. The Kier molecular flexibility index (Phi) is 2.87. The first-order valence-corrected chi connectivity index (χ1v) is 5.59. The van der Waals surface area contributed by atoms with Gasteiger partial charge < -0.3 is 5.11 Å². The summed E-state index contributed by atoms with van der Waals surface area (Å²) in [5.41, 5.74) is 2.51. The Morgan fingerprint density at radius 3 is 2.43 bits per heavy atom. The number of aliphatic hydroxyl groups excluding tert-OH is 1. The molecule has 1 aliphatic carbocycles. The first-order valence-electron chi connectivity index (χ1n) is 5.59. The molecule has 2 rings (SSSR count). The lowest BCUT2D eigenvalue weighted by Gasteiger charge is -2.09. The van der Waals surface area contributed by atoms with E-state index in [1.165, 1.54) is 18.4 Å². The van der Waals surface area contributed by atoms with Crippen LogP contribution in [0.25, 0.3) is 0 Å². The predicted octanol–water partition coefficient (Wildman–Crippen LogP) is 3.40. The second-order valence-electron chi connectivity index (χ2n) is 4.25. The largest absolute Gasteiger partial charge is 0.388 e. The Bertz CT molecular complexity index is 285. The molecule has 0 spiro atoms. The lowest BCUT2D eigenvalue weighted by Crippen LogP contribution is -1.96. The van der Waals surface area contributed by atoms with E-state index in [9.17, 15) is 5.11 Å². The quantitative estimate of drug-likeness (QED) is 0.771. The molecular weight excluding hydrogens is 172 g/mol. The van der Waals surface area contributed by atoms with Crippen molar-refractivity contribution in [1.29, 1.82) is 0 Å². The van der Waals surface area contributed by atoms with Crippen LogP contribution in [0, 0.1) is 0 Å². The van der Waals surface area contributed by atoms with Gasteiger partial charge in [0.05, 0.1) is 6.10 Å². The minimum atomic E-state index is -0.270. The van der Waals surface area contributed by atoms with Crippen molar-refractivity contribution in [2.45, 2.75) is 44.6 Å². The van der Waals surface area contributed by atoms with Gasteiger partial charge in [0.2, 0.25) is 0 Å². The molecule has 1 N–H and O–H groups in total. The van der Waals surface area contributed by atoms with Gasteiger partial charge in [-0.25, -0.2) is 0 Å². The summed E-state index contributed by atoms with van der Waals surface area (Å²) in [5, 5.41) is 9.77. The standard InChI is InChI=1S/C13H18O/c1-2-3-13(14)12-8-6-11(7-9-12)10-4-5-10/h6-10,13-14H,2-5H2,1H3. The summed E-state index contributed by atoms with van der Waals surface area (Å²) in [4.78, 5) is 0. The molecule has 1 aromatic carbocycles. The molecule has 0 aromatic heterocycles. The van der Waals surface area contributed by atoms with E-state index in [1.54, 1.807) is 0 Å². The van der Waals surface area contributed by atoms with E-state index in [4.69, 9.17) is 0 Å². The maximum atomic E-state index is 9.77. The van der Waals surface area contributed by atoms with Crippen LogP contribution in [0.3, 0.4) is 0 Å². The predicted molar refractivity (Wildman–Crippen MR) is 58.3 cm³/mol. The number of aliphatic hydroxyl groups is 1. The lowest BCUT2D eigenvalue weighted by atomic mass is 10.0. The van der Waals surface area contributed by atoms with Crippen LogP contribution in [0.1, 0.15) is 55.8 Å². The second kappa shape index (κ2) is 4.14. The third-order valence-corrected chi connectivity index (χ3v) is 2.93. The van der Waals surface area contributed by atoms with Gasteiger partial charge in [-0.3, -0.25) is 0 Å². The highest BCUT2D eigenvalue weighted by Crippen LogP contribution is 2.40. The minimum Gasteiger partial charge on any atom is -0.388 e. The Hall–Kier alpha value is -0.820. The monoisotopic (exact) mass is 190 g/mol. The van der Waals surface area contributed by atoms with Gasteiger partial charge in [0, 0.05) is 0 Å². The third-order valence-electron chi connectivity index (χ3n) is 2.93. The van der Waals surface area contributed by atoms with E-state index < -0.39 is 0 Å². The van der Waals surface area contributed by atoms with Crippen LogP contribution in [-0.2, 0) is 0 Å². The molecule has 0 heterocycles. The highest BCUT2D eigenvalue weighted by molar-refractivity contribution is 5.29. The molecule has 76 valence electrons. The fourth-order valence-electron chi connectivity index (χ4n) is 1.85. The normalized spacial score (nSPS) is 18.1. The molecule has 0 bridgehead atoms. The van der Waals surface area contributed by atoms with Gasteiger partial charge in [0.15, 0.2) is 0 Å². The SMILES string of the molecule is CCCC(O)c1ccc(C2CC2)cc1. The van der Waals surface area contributed by atoms with Crippen LogP contribution in [0.2, 0.25) is 0 Å². The van der Waals surface area contributed by atoms with Crippen molar-refractivity contribution >= 4 is 0 Å². The number of hydrogen-bond acceptors (Lipinski definition) is 1. The average Bonchev–Trinajstić information content (AvgIpc) is 3.02. The Labute approximate surface area is 85.8 Å². The van der Waals surface area contributed by atoms with Gasteiger partial charge in [0.25, 0.3) is 0 Å². The van der Waals surface area contributed by atoms with Gasteiger partial charge in [-0.15, -0.1) is 0 Å². The summed E-state index contributed by atoms with van der Waals surface area (Å²) in [7, 11) is 0. The maximum absolute atomic E-state index is 9.77. The van der Waals surface area contributed by atoms with Gasteiger partial charge >= 0.3 is 0 Å². The second-order valence-corrected chi connectivity index (χ2v) is 4.25. The molecule has 1 aliphatic rings. The van der Waals surface area contributed by atoms with E-state index in [2.05, 4.69) is 31.2 Å². The van der Waals surface area contributed by atoms with E-state index >= 15 is 0 Å². The molecule has 0 saturated heterocycles. The van der Waals surface area contributed by atoms with Crippen LogP contribution in [0.5, 0.6) is 0 Å². The summed E-state index contributed by atoms with van der Waals surface area (Å²) in [6, 6.07) is 8.50. The molecule has 0 radical (unpaired) electrons. The molecule has 1 heteroatoms. The summed E-state index contributed by atoms with van der Waals surface area (Å²) in [6.45, 7) is 2.10. The third kappa shape index (κ3) is 2.16. The fraction of sp³-hybridized carbons (Fsp3) is 0.538. The van der Waals surface area contributed by atoms with Crippen molar-refractivity contribution < 1.29 is 5.11 Å². The van der Waals surface area contributed by atoms with Gasteiger partial charge in [-0.1, -0.05) is 37.6 Å². The zero-order valence-electron chi connectivity index (χ0n) is 8.74. The smallest absolute Gasteiger partial charge is 0.0790 e. The molecule has 1 fully saturated rings. The molecule has 1 unspecified atom stereocenters. The van der Waals surface area contributed by atoms with E-state index in [0.717, 1.165) is 24.3 Å². The van der Waals surface area contributed by atoms with Crippen molar-refractivity contribution in [2.75, 3.05) is 0 Å². The fourth-order valence-corrected chi connectivity index (χ4v) is 1.85. The van der Waals surface area contributed by atoms with Crippen LogP contribution < -0.4 is 0 Å². The van der Waals surface area contributed by atoms with E-state index in [0.29, 0.717) is 0 Å². The highest BCUT2D eigenvalue weighted by atomic mass is 16.3. The number of benzene rings is 1. The maximum Gasteiger partial charge on any atom is 0.0790 e. The molecule has 1 saturated carbocycles. The molecule has 1 aromatic rings. The Morgan fingerprint density at radius 1 is 1.29 bits per heavy atom. The van der Waals surface area contributed by atoms with Gasteiger partial charge in [-0.05, 0) is 36.3 Å².